The van der Waals surface area contributed by atoms with E-state index in [0.717, 1.165) is 6.54 Å². The van der Waals surface area contributed by atoms with Crippen LogP contribution in [0.5, 0.6) is 0 Å². The molecule has 0 aliphatic rings. The van der Waals surface area contributed by atoms with E-state index in [1.54, 1.807) is 18.2 Å². The van der Waals surface area contributed by atoms with Crippen LogP contribution in [0, 0.1) is 0 Å². The standard InChI is InChI=1S/C14H17N3O2/c1-17(2)8-7-15-14(19)12-9-13(18)10-5-3-4-6-11(10)16-12/h3-6,9H,7-8H2,1-2H3,(H,15,19)(H,16,18). The van der Waals surface area contributed by atoms with Crippen LogP contribution in [0.1, 0.15) is 10.5 Å². The van der Waals surface area contributed by atoms with Gasteiger partial charge in [-0.2, -0.15) is 0 Å². The van der Waals surface area contributed by atoms with Gasteiger partial charge in [0.15, 0.2) is 5.43 Å². The molecular formula is C14H17N3O2. The minimum Gasteiger partial charge on any atom is -0.350 e. The van der Waals surface area contributed by atoms with E-state index in [0.29, 0.717) is 23.1 Å². The highest BCUT2D eigenvalue weighted by atomic mass is 16.2. The minimum absolute atomic E-state index is 0.146. The topological polar surface area (TPSA) is 65.2 Å². The molecule has 0 aliphatic carbocycles. The average molecular weight is 259 g/mol. The second kappa shape index (κ2) is 5.67. The van der Waals surface area contributed by atoms with Crippen molar-refractivity contribution in [2.75, 3.05) is 27.2 Å². The molecule has 1 amide bonds. The molecule has 0 spiro atoms. The summed E-state index contributed by atoms with van der Waals surface area (Å²) in [6.45, 7) is 1.30. The van der Waals surface area contributed by atoms with Crippen molar-refractivity contribution >= 4 is 16.8 Å². The van der Waals surface area contributed by atoms with Crippen LogP contribution in [0.2, 0.25) is 0 Å². The fourth-order valence-corrected chi connectivity index (χ4v) is 1.81. The lowest BCUT2D eigenvalue weighted by molar-refractivity contribution is 0.0946. The van der Waals surface area contributed by atoms with E-state index in [1.807, 2.05) is 25.1 Å². The second-order valence-electron chi connectivity index (χ2n) is 4.65. The summed E-state index contributed by atoms with van der Waals surface area (Å²) >= 11 is 0. The number of carbonyl (C=O) groups excluding carboxylic acids is 1. The zero-order valence-corrected chi connectivity index (χ0v) is 11.1. The van der Waals surface area contributed by atoms with Gasteiger partial charge in [-0.25, -0.2) is 0 Å². The summed E-state index contributed by atoms with van der Waals surface area (Å²) in [5, 5.41) is 3.36. The van der Waals surface area contributed by atoms with Gasteiger partial charge in [0, 0.05) is 30.1 Å². The molecule has 0 aliphatic heterocycles. The van der Waals surface area contributed by atoms with Crippen LogP contribution >= 0.6 is 0 Å². The molecule has 0 fully saturated rings. The quantitative estimate of drug-likeness (QED) is 0.854. The monoisotopic (exact) mass is 259 g/mol. The maximum absolute atomic E-state index is 11.9. The van der Waals surface area contributed by atoms with E-state index in [9.17, 15) is 9.59 Å². The molecule has 0 atom stereocenters. The summed E-state index contributed by atoms with van der Waals surface area (Å²) < 4.78 is 0. The number of pyridine rings is 1. The number of hydrogen-bond donors (Lipinski definition) is 2. The SMILES string of the molecule is CN(C)CCNC(=O)c1cc(=O)c2ccccc2[nH]1. The van der Waals surface area contributed by atoms with E-state index in [2.05, 4.69) is 10.3 Å². The Balaban J connectivity index is 2.21. The van der Waals surface area contributed by atoms with Crippen molar-refractivity contribution in [1.82, 2.24) is 15.2 Å². The molecule has 0 radical (unpaired) electrons. The first-order chi connectivity index (χ1) is 9.08. The van der Waals surface area contributed by atoms with Crippen LogP contribution in [0.4, 0.5) is 0 Å². The number of aromatic amines is 1. The van der Waals surface area contributed by atoms with E-state index < -0.39 is 0 Å². The van der Waals surface area contributed by atoms with E-state index in [1.165, 1.54) is 6.07 Å². The number of H-pyrrole nitrogens is 1. The van der Waals surface area contributed by atoms with Crippen LogP contribution < -0.4 is 10.7 Å². The third-order valence-electron chi connectivity index (χ3n) is 2.83. The number of likely N-dealkylation sites (N-methyl/N-ethyl adjacent to an activating group) is 1. The molecule has 5 heteroatoms. The van der Waals surface area contributed by atoms with Gasteiger partial charge in [0.25, 0.3) is 5.91 Å². The number of benzene rings is 1. The van der Waals surface area contributed by atoms with Crippen LogP contribution in [0.3, 0.4) is 0 Å². The predicted octanol–water partition coefficient (Wildman–Crippen LogP) is 0.819. The molecule has 0 unspecified atom stereocenters. The number of carbonyl (C=O) groups is 1. The molecule has 0 saturated carbocycles. The summed E-state index contributed by atoms with van der Waals surface area (Å²) in [5.74, 6) is -0.260. The Bertz CT molecular complexity index is 646. The van der Waals surface area contributed by atoms with Crippen LogP contribution in [0.15, 0.2) is 35.1 Å². The number of aromatic nitrogens is 1. The first-order valence-electron chi connectivity index (χ1n) is 6.13. The van der Waals surface area contributed by atoms with Gasteiger partial charge in [-0.05, 0) is 26.2 Å². The van der Waals surface area contributed by atoms with Crippen molar-refractivity contribution in [3.63, 3.8) is 0 Å². The highest BCUT2D eigenvalue weighted by molar-refractivity contribution is 5.94. The highest BCUT2D eigenvalue weighted by Crippen LogP contribution is 2.07. The van der Waals surface area contributed by atoms with Gasteiger partial charge in [-0.3, -0.25) is 9.59 Å². The maximum atomic E-state index is 11.9. The number of nitrogens with zero attached hydrogens (tertiary/aromatic N) is 1. The Morgan fingerprint density at radius 1 is 1.32 bits per heavy atom. The Kier molecular flexibility index (Phi) is 3.97. The van der Waals surface area contributed by atoms with Gasteiger partial charge in [0.05, 0.1) is 0 Å². The van der Waals surface area contributed by atoms with Crippen molar-refractivity contribution in [2.24, 2.45) is 0 Å². The van der Waals surface area contributed by atoms with Crippen LogP contribution in [-0.4, -0.2) is 43.0 Å². The number of hydrogen-bond acceptors (Lipinski definition) is 3. The summed E-state index contributed by atoms with van der Waals surface area (Å²) in [5.41, 5.74) is 0.822. The maximum Gasteiger partial charge on any atom is 0.267 e. The largest absolute Gasteiger partial charge is 0.350 e. The van der Waals surface area contributed by atoms with Crippen molar-refractivity contribution in [2.45, 2.75) is 0 Å². The molecule has 1 aromatic carbocycles. The third kappa shape index (κ3) is 3.20. The molecule has 100 valence electrons. The van der Waals surface area contributed by atoms with Gasteiger partial charge in [-0.1, -0.05) is 12.1 Å². The predicted molar refractivity (Wildman–Crippen MR) is 75.5 cm³/mol. The second-order valence-corrected chi connectivity index (χ2v) is 4.65. The highest BCUT2D eigenvalue weighted by Gasteiger charge is 2.08. The Labute approximate surface area is 111 Å². The van der Waals surface area contributed by atoms with Crippen LogP contribution in [0.25, 0.3) is 10.9 Å². The summed E-state index contributed by atoms with van der Waals surface area (Å²) in [6.07, 6.45) is 0. The summed E-state index contributed by atoms with van der Waals surface area (Å²) in [6, 6.07) is 8.49. The van der Waals surface area contributed by atoms with E-state index in [4.69, 9.17) is 0 Å². The van der Waals surface area contributed by atoms with Gasteiger partial charge in [-0.15, -0.1) is 0 Å². The first kappa shape index (κ1) is 13.3. The minimum atomic E-state index is -0.260. The lowest BCUT2D eigenvalue weighted by atomic mass is 10.2. The van der Waals surface area contributed by atoms with E-state index in [-0.39, 0.29) is 11.3 Å². The molecule has 2 N–H and O–H groups in total. The fraction of sp³-hybridized carbons (Fsp3) is 0.286. The van der Waals surface area contributed by atoms with E-state index >= 15 is 0 Å². The number of nitrogens with one attached hydrogen (secondary N) is 2. The lowest BCUT2D eigenvalue weighted by Gasteiger charge is -2.10. The summed E-state index contributed by atoms with van der Waals surface area (Å²) in [7, 11) is 3.87. The molecular weight excluding hydrogens is 242 g/mol. The molecule has 19 heavy (non-hydrogen) atoms. The Morgan fingerprint density at radius 2 is 2.05 bits per heavy atom. The third-order valence-corrected chi connectivity index (χ3v) is 2.83. The first-order valence-corrected chi connectivity index (χ1v) is 6.13. The van der Waals surface area contributed by atoms with Gasteiger partial charge in [0.2, 0.25) is 0 Å². The fourth-order valence-electron chi connectivity index (χ4n) is 1.81. The number of amides is 1. The molecule has 0 bridgehead atoms. The van der Waals surface area contributed by atoms with Crippen molar-refractivity contribution in [3.05, 3.63) is 46.2 Å². The Hall–Kier alpha value is -2.14. The lowest BCUT2D eigenvalue weighted by Crippen LogP contribution is -2.32. The average Bonchev–Trinajstić information content (AvgIpc) is 2.38. The van der Waals surface area contributed by atoms with Gasteiger partial charge in [0.1, 0.15) is 5.69 Å². The normalized spacial score (nSPS) is 10.9. The molecule has 1 aromatic heterocycles. The number of para-hydroxylation sites is 1. The zero-order chi connectivity index (χ0) is 13.8. The van der Waals surface area contributed by atoms with Gasteiger partial charge < -0.3 is 15.2 Å². The molecule has 1 heterocycles. The molecule has 5 nitrogen and oxygen atoms in total. The van der Waals surface area contributed by atoms with Crippen molar-refractivity contribution in [3.8, 4) is 0 Å². The van der Waals surface area contributed by atoms with Crippen molar-refractivity contribution < 1.29 is 4.79 Å². The van der Waals surface area contributed by atoms with Crippen molar-refractivity contribution in [1.29, 1.82) is 0 Å². The number of rotatable bonds is 4. The Morgan fingerprint density at radius 3 is 2.79 bits per heavy atom. The molecule has 0 saturated heterocycles. The summed E-state index contributed by atoms with van der Waals surface area (Å²) in [4.78, 5) is 28.8. The molecule has 2 rings (SSSR count). The number of fused-ring (bicyclic) bond motifs is 1. The van der Waals surface area contributed by atoms with Gasteiger partial charge >= 0.3 is 0 Å². The van der Waals surface area contributed by atoms with Crippen LogP contribution in [-0.2, 0) is 0 Å². The molecule has 2 aromatic rings. The smallest absolute Gasteiger partial charge is 0.267 e. The zero-order valence-electron chi connectivity index (χ0n) is 11.1.